The van der Waals surface area contributed by atoms with E-state index in [9.17, 15) is 33.6 Å². The van der Waals surface area contributed by atoms with Gasteiger partial charge in [-0.2, -0.15) is 8.42 Å². The fourth-order valence-electron chi connectivity index (χ4n) is 10.5. The molecule has 1 amide bonds. The predicted molar refractivity (Wildman–Crippen MR) is 164 cm³/mol. The second-order valence-corrected chi connectivity index (χ2v) is 17.5. The van der Waals surface area contributed by atoms with Crippen LogP contribution >= 0.6 is 0 Å². The lowest BCUT2D eigenvalue weighted by Crippen LogP contribution is -2.62. The van der Waals surface area contributed by atoms with Crippen molar-refractivity contribution < 1.29 is 42.7 Å². The SMILES string of the molecule is CC(CCC(=O)NCCC[N+](C)(C)CC(O)CS(=O)(=O)O)C1CCC2C3C(C[C@H](O)C12C)C1(C)CC[C@@H](O)CC1C[C@H]3O. The molecule has 0 aromatic carbocycles. The van der Waals surface area contributed by atoms with Gasteiger partial charge in [-0.3, -0.25) is 9.35 Å². The van der Waals surface area contributed by atoms with Gasteiger partial charge in [0.15, 0.2) is 0 Å². The molecule has 4 saturated carbocycles. The van der Waals surface area contributed by atoms with Crippen molar-refractivity contribution in [3.63, 3.8) is 0 Å². The van der Waals surface area contributed by atoms with Gasteiger partial charge >= 0.3 is 0 Å². The first-order chi connectivity index (χ1) is 19.9. The number of likely N-dealkylation sites (N-methyl/N-ethyl adjacent to an activating group) is 1. The molecule has 10 nitrogen and oxygen atoms in total. The third-order valence-electron chi connectivity index (χ3n) is 12.7. The first-order valence-corrected chi connectivity index (χ1v) is 18.2. The number of aliphatic hydroxyl groups excluding tert-OH is 4. The monoisotopic (exact) mass is 631 g/mol. The minimum Gasteiger partial charge on any atom is -0.393 e. The number of amides is 1. The number of carbonyl (C=O) groups is 1. The Labute approximate surface area is 259 Å². The summed E-state index contributed by atoms with van der Waals surface area (Å²) in [6, 6.07) is 0. The molecule has 43 heavy (non-hydrogen) atoms. The highest BCUT2D eigenvalue weighted by atomic mass is 32.2. The van der Waals surface area contributed by atoms with Crippen LogP contribution in [0, 0.1) is 46.3 Å². The number of quaternary nitrogens is 1. The number of nitrogens with zero attached hydrogens (tertiary/aromatic N) is 1. The molecular weight excluding hydrogens is 572 g/mol. The molecule has 0 bridgehead atoms. The quantitative estimate of drug-likeness (QED) is 0.108. The molecule has 12 atom stereocenters. The number of carbonyl (C=O) groups excluding carboxylic acids is 1. The number of rotatable bonds is 12. The van der Waals surface area contributed by atoms with Gasteiger partial charge < -0.3 is 30.2 Å². The van der Waals surface area contributed by atoms with Crippen molar-refractivity contribution in [2.75, 3.05) is 39.5 Å². The number of hydrogen-bond donors (Lipinski definition) is 6. The van der Waals surface area contributed by atoms with Crippen LogP contribution in [0.25, 0.3) is 0 Å². The highest BCUT2D eigenvalue weighted by molar-refractivity contribution is 7.85. The van der Waals surface area contributed by atoms with E-state index >= 15 is 0 Å². The zero-order chi connectivity index (χ0) is 32.0. The summed E-state index contributed by atoms with van der Waals surface area (Å²) in [6.45, 7) is 8.10. The third-order valence-corrected chi connectivity index (χ3v) is 13.5. The minimum atomic E-state index is -4.23. The summed E-state index contributed by atoms with van der Waals surface area (Å²) >= 11 is 0. The van der Waals surface area contributed by atoms with Gasteiger partial charge in [-0.05, 0) is 97.7 Å². The maximum Gasteiger partial charge on any atom is 0.267 e. The van der Waals surface area contributed by atoms with Crippen LogP contribution in [0.3, 0.4) is 0 Å². The molecule has 0 radical (unpaired) electrons. The van der Waals surface area contributed by atoms with Gasteiger partial charge in [-0.1, -0.05) is 20.8 Å². The lowest BCUT2D eigenvalue weighted by Gasteiger charge is -2.63. The van der Waals surface area contributed by atoms with Crippen molar-refractivity contribution in [1.29, 1.82) is 0 Å². The largest absolute Gasteiger partial charge is 0.393 e. The molecule has 4 rings (SSSR count). The van der Waals surface area contributed by atoms with Crippen molar-refractivity contribution >= 4 is 16.0 Å². The van der Waals surface area contributed by atoms with E-state index in [0.717, 1.165) is 44.9 Å². The van der Waals surface area contributed by atoms with Crippen LogP contribution in [-0.4, -0.2) is 108 Å². The van der Waals surface area contributed by atoms with Crippen LogP contribution < -0.4 is 5.32 Å². The molecule has 0 saturated heterocycles. The number of hydrogen-bond acceptors (Lipinski definition) is 7. The van der Waals surface area contributed by atoms with Gasteiger partial charge in [-0.25, -0.2) is 0 Å². The summed E-state index contributed by atoms with van der Waals surface area (Å²) in [5.74, 6) is 0.890. The van der Waals surface area contributed by atoms with Crippen LogP contribution in [0.4, 0.5) is 0 Å². The maximum absolute atomic E-state index is 12.7. The van der Waals surface area contributed by atoms with Gasteiger partial charge in [0.2, 0.25) is 5.91 Å². The minimum absolute atomic E-state index is 0.00585. The highest BCUT2D eigenvalue weighted by Gasteiger charge is 2.65. The first kappa shape index (κ1) is 35.0. The molecule has 0 aromatic heterocycles. The van der Waals surface area contributed by atoms with Crippen molar-refractivity contribution in [3.05, 3.63) is 0 Å². The van der Waals surface area contributed by atoms with Gasteiger partial charge in [0.05, 0.1) is 39.0 Å². The summed E-state index contributed by atoms with van der Waals surface area (Å²) in [4.78, 5) is 12.7. The van der Waals surface area contributed by atoms with E-state index in [2.05, 4.69) is 26.1 Å². The van der Waals surface area contributed by atoms with Crippen molar-refractivity contribution in [2.45, 2.75) is 109 Å². The lowest BCUT2D eigenvalue weighted by molar-refractivity contribution is -0.893. The Hall–Kier alpha value is -0.820. The molecular formula is C32H59N2O8S+. The molecule has 4 aliphatic carbocycles. The normalized spacial score (nSPS) is 41.1. The summed E-state index contributed by atoms with van der Waals surface area (Å²) in [6.07, 6.45) is 5.56. The number of fused-ring (bicyclic) bond motifs is 5. The van der Waals surface area contributed by atoms with Crippen LogP contribution in [-0.2, 0) is 14.9 Å². The fourth-order valence-corrected chi connectivity index (χ4v) is 11.1. The second kappa shape index (κ2) is 13.1. The van der Waals surface area contributed by atoms with Crippen LogP contribution in [0.2, 0.25) is 0 Å². The van der Waals surface area contributed by atoms with E-state index < -0.39 is 28.1 Å². The van der Waals surface area contributed by atoms with E-state index in [0.29, 0.717) is 48.7 Å². The molecule has 0 aliphatic heterocycles. The number of nitrogens with one attached hydrogen (secondary N) is 1. The van der Waals surface area contributed by atoms with Crippen molar-refractivity contribution in [1.82, 2.24) is 5.32 Å². The van der Waals surface area contributed by atoms with Crippen LogP contribution in [0.15, 0.2) is 0 Å². The van der Waals surface area contributed by atoms with E-state index in [1.807, 2.05) is 14.1 Å². The van der Waals surface area contributed by atoms with E-state index in [4.69, 9.17) is 4.55 Å². The highest BCUT2D eigenvalue weighted by Crippen LogP contribution is 2.68. The van der Waals surface area contributed by atoms with Gasteiger partial charge in [0, 0.05) is 19.4 Å². The standard InChI is InChI=1S/C32H58N2O8S/c1-20(7-10-29(39)33-13-6-14-34(4,5)18-23(36)19-43(40,41)42)24-8-9-25-30-26(17-28(38)32(24,25)3)31(2)12-11-22(35)15-21(31)16-27(30)37/h20-28,30,35-38H,6-19H2,1-5H3,(H-,33,39,40,41,42)/p+1/t20?,21?,22-,23?,24?,25?,26?,27-,28+,30?,31?,32?/m1/s1. The van der Waals surface area contributed by atoms with Crippen LogP contribution in [0.5, 0.6) is 0 Å². The zero-order valence-electron chi connectivity index (χ0n) is 27.0. The van der Waals surface area contributed by atoms with E-state index in [1.54, 1.807) is 0 Å². The second-order valence-electron chi connectivity index (χ2n) is 16.0. The Morgan fingerprint density at radius 1 is 1.05 bits per heavy atom. The summed E-state index contributed by atoms with van der Waals surface area (Å²) in [7, 11) is -0.484. The van der Waals surface area contributed by atoms with Gasteiger partial charge in [0.1, 0.15) is 18.4 Å². The molecule has 4 fully saturated rings. The Morgan fingerprint density at radius 3 is 2.42 bits per heavy atom. The Kier molecular flexibility index (Phi) is 10.7. The van der Waals surface area contributed by atoms with Gasteiger partial charge in [-0.15, -0.1) is 0 Å². The van der Waals surface area contributed by atoms with Gasteiger partial charge in [0.25, 0.3) is 10.1 Å². The smallest absolute Gasteiger partial charge is 0.267 e. The third kappa shape index (κ3) is 7.60. The fraction of sp³-hybridized carbons (Fsp3) is 0.969. The molecule has 250 valence electrons. The van der Waals surface area contributed by atoms with E-state index in [-0.39, 0.29) is 59.2 Å². The zero-order valence-corrected chi connectivity index (χ0v) is 27.8. The Morgan fingerprint density at radius 2 is 1.74 bits per heavy atom. The average molecular weight is 632 g/mol. The van der Waals surface area contributed by atoms with Crippen molar-refractivity contribution in [2.24, 2.45) is 46.3 Å². The van der Waals surface area contributed by atoms with Crippen LogP contribution in [0.1, 0.15) is 85.0 Å². The average Bonchev–Trinajstić information content (AvgIpc) is 3.24. The summed E-state index contributed by atoms with van der Waals surface area (Å²) < 4.78 is 31.3. The van der Waals surface area contributed by atoms with E-state index in [1.165, 1.54) is 0 Å². The maximum atomic E-state index is 12.7. The number of aliphatic hydroxyl groups is 4. The van der Waals surface area contributed by atoms with Crippen molar-refractivity contribution in [3.8, 4) is 0 Å². The topological polar surface area (TPSA) is 164 Å². The summed E-state index contributed by atoms with van der Waals surface area (Å²) in [5.41, 5.74) is -0.222. The summed E-state index contributed by atoms with van der Waals surface area (Å²) in [5, 5.41) is 46.5. The molecule has 0 heterocycles. The predicted octanol–water partition coefficient (Wildman–Crippen LogP) is 2.20. The Balaban J connectivity index is 1.27. The molecule has 0 spiro atoms. The lowest BCUT2D eigenvalue weighted by atomic mass is 9.43. The first-order valence-electron chi connectivity index (χ1n) is 16.6. The Bertz CT molecular complexity index is 1090. The molecule has 0 aromatic rings. The molecule has 9 unspecified atom stereocenters. The molecule has 4 aliphatic rings. The molecule has 6 N–H and O–H groups in total. The molecule has 11 heteroatoms.